The molecule has 17 heavy (non-hydrogen) atoms. The van der Waals surface area contributed by atoms with Gasteiger partial charge < -0.3 is 0 Å². The lowest BCUT2D eigenvalue weighted by atomic mass is 10.3. The highest BCUT2D eigenvalue weighted by Gasteiger charge is 2.15. The zero-order valence-corrected chi connectivity index (χ0v) is 9.57. The van der Waals surface area contributed by atoms with Crippen LogP contribution in [0, 0.1) is 10.1 Å². The van der Waals surface area contributed by atoms with E-state index in [4.69, 9.17) is 11.6 Å². The highest BCUT2D eigenvalue weighted by atomic mass is 35.5. The average Bonchev–Trinajstić information content (AvgIpc) is 2.78. The minimum absolute atomic E-state index is 0.0221. The van der Waals surface area contributed by atoms with Crippen molar-refractivity contribution in [1.82, 2.24) is 20.2 Å². The maximum Gasteiger partial charge on any atom is 0.271 e. The minimum atomic E-state index is -0.475. The van der Waals surface area contributed by atoms with E-state index in [2.05, 4.69) is 15.5 Å². The molecule has 0 saturated heterocycles. The number of nitro benzene ring substituents is 1. The zero-order valence-electron chi connectivity index (χ0n) is 8.82. The molecule has 0 spiro atoms. The molecular weight excluding hydrogens is 246 g/mol. The first kappa shape index (κ1) is 11.5. The first-order valence-electron chi connectivity index (χ1n) is 4.77. The first-order valence-corrected chi connectivity index (χ1v) is 5.20. The zero-order chi connectivity index (χ0) is 12.4. The third kappa shape index (κ3) is 2.23. The summed E-state index contributed by atoms with van der Waals surface area (Å²) in [5, 5.41) is 21.3. The molecular formula is C9H8ClN5O2. The average molecular weight is 254 g/mol. The van der Waals surface area contributed by atoms with E-state index in [0.717, 1.165) is 0 Å². The van der Waals surface area contributed by atoms with Crippen molar-refractivity contribution in [3.8, 4) is 5.69 Å². The van der Waals surface area contributed by atoms with E-state index < -0.39 is 4.92 Å². The summed E-state index contributed by atoms with van der Waals surface area (Å²) >= 11 is 5.90. The van der Waals surface area contributed by atoms with E-state index in [1.807, 2.05) is 0 Å². The van der Waals surface area contributed by atoms with Crippen LogP contribution in [0.15, 0.2) is 24.3 Å². The predicted octanol–water partition coefficient (Wildman–Crippen LogP) is 1.87. The Morgan fingerprint density at radius 1 is 1.53 bits per heavy atom. The molecule has 2 rings (SSSR count). The molecule has 0 aliphatic heterocycles. The molecule has 8 heteroatoms. The van der Waals surface area contributed by atoms with Gasteiger partial charge in [-0.05, 0) is 23.4 Å². The molecule has 2 aromatic rings. The van der Waals surface area contributed by atoms with Gasteiger partial charge in [0.05, 0.1) is 16.0 Å². The Morgan fingerprint density at radius 2 is 2.29 bits per heavy atom. The van der Waals surface area contributed by atoms with Crippen molar-refractivity contribution in [3.63, 3.8) is 0 Å². The number of alkyl halides is 1. The van der Waals surface area contributed by atoms with Gasteiger partial charge in [0.15, 0.2) is 5.82 Å². The van der Waals surface area contributed by atoms with Gasteiger partial charge in [0, 0.05) is 12.1 Å². The van der Waals surface area contributed by atoms with Crippen LogP contribution < -0.4 is 0 Å². The Hall–Kier alpha value is -2.02. The van der Waals surface area contributed by atoms with E-state index in [9.17, 15) is 10.1 Å². The molecule has 1 atom stereocenters. The fraction of sp³-hybridized carbons (Fsp3) is 0.222. The highest BCUT2D eigenvalue weighted by Crippen LogP contribution is 2.21. The monoisotopic (exact) mass is 253 g/mol. The SMILES string of the molecule is CC(Cl)c1nnnn1-c1cccc([N+](=O)[O-])c1. The van der Waals surface area contributed by atoms with Crippen LogP contribution in [0.2, 0.25) is 0 Å². The van der Waals surface area contributed by atoms with Gasteiger partial charge >= 0.3 is 0 Å². The third-order valence-electron chi connectivity index (χ3n) is 2.13. The van der Waals surface area contributed by atoms with E-state index in [1.165, 1.54) is 16.8 Å². The Bertz CT molecular complexity index is 554. The topological polar surface area (TPSA) is 86.7 Å². The van der Waals surface area contributed by atoms with Crippen molar-refractivity contribution >= 4 is 17.3 Å². The van der Waals surface area contributed by atoms with Crippen molar-refractivity contribution < 1.29 is 4.92 Å². The maximum atomic E-state index is 10.7. The van der Waals surface area contributed by atoms with Gasteiger partial charge in [0.2, 0.25) is 0 Å². The second-order valence-electron chi connectivity index (χ2n) is 3.34. The Kier molecular flexibility index (Phi) is 3.01. The molecule has 0 saturated carbocycles. The second-order valence-corrected chi connectivity index (χ2v) is 4.00. The summed E-state index contributed by atoms with van der Waals surface area (Å²) in [5.74, 6) is 0.437. The van der Waals surface area contributed by atoms with E-state index in [1.54, 1.807) is 19.1 Å². The molecule has 0 aliphatic carbocycles. The lowest BCUT2D eigenvalue weighted by molar-refractivity contribution is -0.384. The molecule has 1 heterocycles. The molecule has 88 valence electrons. The third-order valence-corrected chi connectivity index (χ3v) is 2.33. The van der Waals surface area contributed by atoms with E-state index in [0.29, 0.717) is 11.5 Å². The predicted molar refractivity (Wildman–Crippen MR) is 60.1 cm³/mol. The summed E-state index contributed by atoms with van der Waals surface area (Å²) < 4.78 is 1.38. The standard InChI is InChI=1S/C9H8ClN5O2/c1-6(10)9-11-12-13-14(9)7-3-2-4-8(5-7)15(16)17/h2-6H,1H3. The minimum Gasteiger partial charge on any atom is -0.258 e. The summed E-state index contributed by atoms with van der Waals surface area (Å²) in [7, 11) is 0. The number of rotatable bonds is 3. The van der Waals surface area contributed by atoms with Gasteiger partial charge in [-0.15, -0.1) is 16.7 Å². The summed E-state index contributed by atoms with van der Waals surface area (Å²) in [6, 6.07) is 6.03. The number of tetrazole rings is 1. The summed E-state index contributed by atoms with van der Waals surface area (Å²) in [6.45, 7) is 1.72. The van der Waals surface area contributed by atoms with Gasteiger partial charge in [0.1, 0.15) is 0 Å². The fourth-order valence-electron chi connectivity index (χ4n) is 1.36. The smallest absolute Gasteiger partial charge is 0.258 e. The van der Waals surface area contributed by atoms with Crippen LogP contribution in [0.3, 0.4) is 0 Å². The van der Waals surface area contributed by atoms with E-state index >= 15 is 0 Å². The molecule has 0 amide bonds. The first-order chi connectivity index (χ1) is 8.09. The summed E-state index contributed by atoms with van der Waals surface area (Å²) in [4.78, 5) is 10.2. The molecule has 7 nitrogen and oxygen atoms in total. The maximum absolute atomic E-state index is 10.7. The van der Waals surface area contributed by atoms with Crippen LogP contribution in [-0.2, 0) is 0 Å². The van der Waals surface area contributed by atoms with E-state index in [-0.39, 0.29) is 11.1 Å². The molecule has 0 bridgehead atoms. The van der Waals surface area contributed by atoms with Crippen molar-refractivity contribution in [3.05, 3.63) is 40.2 Å². The molecule has 0 radical (unpaired) electrons. The summed E-state index contributed by atoms with van der Waals surface area (Å²) in [6.07, 6.45) is 0. The van der Waals surface area contributed by atoms with Crippen LogP contribution >= 0.6 is 11.6 Å². The van der Waals surface area contributed by atoms with Crippen LogP contribution in [0.5, 0.6) is 0 Å². The normalized spacial score (nSPS) is 12.4. The number of aromatic nitrogens is 4. The largest absolute Gasteiger partial charge is 0.271 e. The van der Waals surface area contributed by atoms with Crippen molar-refractivity contribution in [2.45, 2.75) is 12.3 Å². The quantitative estimate of drug-likeness (QED) is 0.473. The number of nitro groups is 1. The van der Waals surface area contributed by atoms with Crippen LogP contribution in [0.25, 0.3) is 5.69 Å². The number of hydrogen-bond acceptors (Lipinski definition) is 5. The van der Waals surface area contributed by atoms with Crippen LogP contribution in [-0.4, -0.2) is 25.1 Å². The molecule has 0 fully saturated rings. The molecule has 1 unspecified atom stereocenters. The van der Waals surface area contributed by atoms with Crippen molar-refractivity contribution in [2.75, 3.05) is 0 Å². The molecule has 0 N–H and O–H groups in total. The van der Waals surface area contributed by atoms with Gasteiger partial charge in [-0.1, -0.05) is 6.07 Å². The molecule has 1 aromatic heterocycles. The van der Waals surface area contributed by atoms with Gasteiger partial charge in [0.25, 0.3) is 5.69 Å². The fourth-order valence-corrected chi connectivity index (χ4v) is 1.50. The Morgan fingerprint density at radius 3 is 2.94 bits per heavy atom. The number of hydrogen-bond donors (Lipinski definition) is 0. The van der Waals surface area contributed by atoms with Gasteiger partial charge in [-0.25, -0.2) is 0 Å². The number of nitrogens with zero attached hydrogens (tertiary/aromatic N) is 5. The number of benzene rings is 1. The number of halogens is 1. The lowest BCUT2D eigenvalue weighted by Crippen LogP contribution is -2.04. The van der Waals surface area contributed by atoms with Gasteiger partial charge in [-0.2, -0.15) is 4.68 Å². The Labute approximate surface area is 101 Å². The van der Waals surface area contributed by atoms with Gasteiger partial charge in [-0.3, -0.25) is 10.1 Å². The molecule has 0 aliphatic rings. The van der Waals surface area contributed by atoms with Crippen LogP contribution in [0.4, 0.5) is 5.69 Å². The lowest BCUT2D eigenvalue weighted by Gasteiger charge is -2.04. The summed E-state index contributed by atoms with van der Waals surface area (Å²) in [5.41, 5.74) is 0.484. The van der Waals surface area contributed by atoms with Crippen molar-refractivity contribution in [2.24, 2.45) is 0 Å². The Balaban J connectivity index is 2.49. The van der Waals surface area contributed by atoms with Crippen molar-refractivity contribution in [1.29, 1.82) is 0 Å². The molecule has 1 aromatic carbocycles. The van der Waals surface area contributed by atoms with Crippen LogP contribution in [0.1, 0.15) is 18.1 Å². The highest BCUT2D eigenvalue weighted by molar-refractivity contribution is 6.20. The second kappa shape index (κ2) is 4.46. The number of non-ortho nitro benzene ring substituents is 1.